The Balaban J connectivity index is 1.01. The molecule has 3 aliphatic heterocycles. The molecule has 0 aromatic heterocycles. The van der Waals surface area contributed by atoms with Crippen LogP contribution in [0.3, 0.4) is 0 Å². The third-order valence-electron chi connectivity index (χ3n) is 16.5. The quantitative estimate of drug-likeness (QED) is 0.0383. The summed E-state index contributed by atoms with van der Waals surface area (Å²) in [5.41, 5.74) is 0.866. The molecule has 3 saturated heterocycles. The predicted octanol–water partition coefficient (Wildman–Crippen LogP) is 13.3. The van der Waals surface area contributed by atoms with Gasteiger partial charge in [0.25, 0.3) is 0 Å². The second-order valence-corrected chi connectivity index (χ2v) is 22.2. The first-order valence-electron chi connectivity index (χ1n) is 26.2. The summed E-state index contributed by atoms with van der Waals surface area (Å²) in [5.74, 6) is 0.352. The van der Waals surface area contributed by atoms with E-state index in [-0.39, 0.29) is 16.6 Å². The number of hydrogen-bond acceptors (Lipinski definition) is 7. The number of unbranched alkanes of at least 4 members (excludes halogenated alkanes) is 12. The third kappa shape index (κ3) is 13.2. The van der Waals surface area contributed by atoms with Crippen molar-refractivity contribution in [3.63, 3.8) is 0 Å². The average molecular weight is 857 g/mol. The maximum Gasteiger partial charge on any atom is 0.334 e. The molecule has 0 radical (unpaired) electrons. The molecule has 4 saturated carbocycles. The molecule has 352 valence electrons. The summed E-state index contributed by atoms with van der Waals surface area (Å²) in [6.45, 7) is 16.6. The molecule has 0 aromatic rings. The predicted molar refractivity (Wildman–Crippen MR) is 245 cm³/mol. The molecule has 4 aliphatic carbocycles. The molecule has 1 N–H and O–H groups in total. The smallest absolute Gasteiger partial charge is 0.334 e. The van der Waals surface area contributed by atoms with Crippen LogP contribution in [0.15, 0.2) is 11.3 Å². The Morgan fingerprint density at radius 3 is 1.25 bits per heavy atom. The van der Waals surface area contributed by atoms with Crippen LogP contribution in [0.1, 0.15) is 220 Å². The van der Waals surface area contributed by atoms with E-state index in [4.69, 9.17) is 28.4 Å². The Kier molecular flexibility index (Phi) is 18.8. The normalized spacial score (nSPS) is 29.4. The Morgan fingerprint density at radius 1 is 0.508 bits per heavy atom. The minimum absolute atomic E-state index is 0.274. The molecule has 2 unspecified atom stereocenters. The van der Waals surface area contributed by atoms with E-state index in [0.717, 1.165) is 123 Å². The van der Waals surface area contributed by atoms with Crippen LogP contribution < -0.4 is 0 Å². The minimum atomic E-state index is -0.854. The maximum atomic E-state index is 12.8. The van der Waals surface area contributed by atoms with Crippen LogP contribution in [0.5, 0.6) is 0 Å². The minimum Gasteiger partial charge on any atom is -0.497 e. The Morgan fingerprint density at radius 2 is 0.885 bits per heavy atom. The lowest BCUT2D eigenvalue weighted by molar-refractivity contribution is -0.261. The van der Waals surface area contributed by atoms with Gasteiger partial charge in [0, 0.05) is 41.3 Å². The van der Waals surface area contributed by atoms with Gasteiger partial charge >= 0.3 is 5.97 Å². The molecule has 8 heteroatoms. The molecule has 8 nitrogen and oxygen atoms in total. The summed E-state index contributed by atoms with van der Waals surface area (Å²) >= 11 is 0. The molecule has 7 rings (SSSR count). The molecule has 0 amide bonds. The van der Waals surface area contributed by atoms with Crippen molar-refractivity contribution in [2.75, 3.05) is 59.5 Å². The molecule has 4 bridgehead atoms. The fraction of sp³-hybridized carbons (Fsp3) is 0.943. The van der Waals surface area contributed by atoms with Gasteiger partial charge in [0.05, 0.1) is 63.0 Å². The summed E-state index contributed by atoms with van der Waals surface area (Å²) in [7, 11) is 0. The van der Waals surface area contributed by atoms with Crippen molar-refractivity contribution in [2.45, 2.75) is 232 Å². The van der Waals surface area contributed by atoms with Gasteiger partial charge in [-0.2, -0.15) is 0 Å². The highest BCUT2D eigenvalue weighted by atomic mass is 16.5. The van der Waals surface area contributed by atoms with Gasteiger partial charge < -0.3 is 33.5 Å². The van der Waals surface area contributed by atoms with Crippen LogP contribution in [0.2, 0.25) is 0 Å². The number of hydrogen-bond donors (Lipinski definition) is 1. The standard InChI is InChI=1S/C53H92O8/c1-5-23-48(38-56-39-48)26-17-11-8-14-20-29-59-46(44(4)47(54)55)51-32-45-33-52(35-51,60-30-21-15-9-12-18-27-49(24-6-2)40-57-41-49)37-53(34-45,36-51)61-31-22-16-10-13-19-28-50(25-7-3)42-58-43-50/h45H,5-43H2,1-4H3,(H,54,55). The van der Waals surface area contributed by atoms with Crippen LogP contribution in [0, 0.1) is 27.6 Å². The summed E-state index contributed by atoms with van der Waals surface area (Å²) in [5, 5.41) is 10.5. The largest absolute Gasteiger partial charge is 0.497 e. The second-order valence-electron chi connectivity index (χ2n) is 22.2. The van der Waals surface area contributed by atoms with E-state index < -0.39 is 5.97 Å². The summed E-state index contributed by atoms with van der Waals surface area (Å²) < 4.78 is 37.8. The molecule has 7 fully saturated rings. The van der Waals surface area contributed by atoms with Crippen LogP contribution in [-0.4, -0.2) is 81.7 Å². The van der Waals surface area contributed by atoms with Crippen molar-refractivity contribution in [1.29, 1.82) is 0 Å². The Labute approximate surface area is 373 Å². The molecule has 3 heterocycles. The number of allylic oxidation sites excluding steroid dienone is 1. The number of aliphatic carboxylic acids is 1. The fourth-order valence-corrected chi connectivity index (χ4v) is 13.7. The molecule has 0 aromatic carbocycles. The molecule has 0 spiro atoms. The highest BCUT2D eigenvalue weighted by Crippen LogP contribution is 2.68. The van der Waals surface area contributed by atoms with Crippen LogP contribution in [-0.2, 0) is 33.2 Å². The monoisotopic (exact) mass is 857 g/mol. The van der Waals surface area contributed by atoms with E-state index in [1.54, 1.807) is 6.92 Å². The fourth-order valence-electron chi connectivity index (χ4n) is 13.7. The highest BCUT2D eigenvalue weighted by Gasteiger charge is 2.66. The number of carboxylic acids is 1. The van der Waals surface area contributed by atoms with E-state index in [1.165, 1.54) is 128 Å². The van der Waals surface area contributed by atoms with Crippen molar-refractivity contribution < 1.29 is 38.3 Å². The maximum absolute atomic E-state index is 12.8. The Bertz CT molecular complexity index is 1290. The van der Waals surface area contributed by atoms with Gasteiger partial charge in [-0.25, -0.2) is 4.79 Å². The summed E-state index contributed by atoms with van der Waals surface area (Å²) in [4.78, 5) is 12.8. The van der Waals surface area contributed by atoms with Crippen molar-refractivity contribution >= 4 is 5.97 Å². The van der Waals surface area contributed by atoms with Gasteiger partial charge in [-0.15, -0.1) is 0 Å². The van der Waals surface area contributed by atoms with Gasteiger partial charge in [-0.05, 0) is 103 Å². The topological polar surface area (TPSA) is 92.7 Å². The zero-order chi connectivity index (χ0) is 43.1. The zero-order valence-electron chi connectivity index (χ0n) is 40.0. The summed E-state index contributed by atoms with van der Waals surface area (Å²) in [6, 6.07) is 0. The van der Waals surface area contributed by atoms with Gasteiger partial charge in [0.2, 0.25) is 0 Å². The van der Waals surface area contributed by atoms with Gasteiger partial charge in [0.1, 0.15) is 5.76 Å². The van der Waals surface area contributed by atoms with Gasteiger partial charge in [0.15, 0.2) is 0 Å². The van der Waals surface area contributed by atoms with Crippen molar-refractivity contribution in [3.8, 4) is 0 Å². The lowest BCUT2D eigenvalue weighted by Crippen LogP contribution is -2.65. The van der Waals surface area contributed by atoms with Crippen molar-refractivity contribution in [2.24, 2.45) is 27.6 Å². The lowest BCUT2D eigenvalue weighted by Gasteiger charge is -2.66. The van der Waals surface area contributed by atoms with Gasteiger partial charge in [-0.1, -0.05) is 117 Å². The second kappa shape index (κ2) is 23.3. The lowest BCUT2D eigenvalue weighted by atomic mass is 9.45. The SMILES string of the molecule is CCCC1(CCCCCCCOC(=C(C)C(=O)O)C23CC4CC(OCCCCCCCC5(CCC)COC5)(CC(OCCCCCCCC5(CCC)COC5)(C4)C2)C3)COC1. The van der Waals surface area contributed by atoms with E-state index in [9.17, 15) is 9.90 Å². The molecular weight excluding hydrogens is 765 g/mol. The van der Waals surface area contributed by atoms with Crippen molar-refractivity contribution in [3.05, 3.63) is 11.3 Å². The van der Waals surface area contributed by atoms with Crippen molar-refractivity contribution in [1.82, 2.24) is 0 Å². The number of carboxylic acid groups (broad SMARTS) is 1. The number of ether oxygens (including phenoxy) is 6. The number of carbonyl (C=O) groups is 1. The first-order valence-corrected chi connectivity index (χ1v) is 26.2. The summed E-state index contributed by atoms with van der Waals surface area (Å²) in [6.07, 6.45) is 35.4. The van der Waals surface area contributed by atoms with Crippen LogP contribution in [0.4, 0.5) is 0 Å². The van der Waals surface area contributed by atoms with Crippen LogP contribution >= 0.6 is 0 Å². The van der Waals surface area contributed by atoms with E-state index in [1.807, 2.05) is 0 Å². The first kappa shape index (κ1) is 49.2. The third-order valence-corrected chi connectivity index (χ3v) is 16.5. The van der Waals surface area contributed by atoms with E-state index in [2.05, 4.69) is 20.8 Å². The van der Waals surface area contributed by atoms with E-state index >= 15 is 0 Å². The Hall–Kier alpha value is -1.19. The molecular formula is C53H92O8. The molecule has 2 atom stereocenters. The van der Waals surface area contributed by atoms with Crippen LogP contribution in [0.25, 0.3) is 0 Å². The van der Waals surface area contributed by atoms with E-state index in [0.29, 0.717) is 34.3 Å². The average Bonchev–Trinajstić information content (AvgIpc) is 3.18. The molecule has 7 aliphatic rings. The first-order chi connectivity index (χ1) is 29.6. The number of rotatable bonds is 35. The molecule has 61 heavy (non-hydrogen) atoms. The van der Waals surface area contributed by atoms with Gasteiger partial charge in [-0.3, -0.25) is 0 Å². The zero-order valence-corrected chi connectivity index (χ0v) is 40.0. The highest BCUT2D eigenvalue weighted by molar-refractivity contribution is 5.86.